The molecule has 1 N–H and O–H groups in total. The molecule has 0 aromatic heterocycles. The summed E-state index contributed by atoms with van der Waals surface area (Å²) in [6.07, 6.45) is 0.998. The minimum absolute atomic E-state index is 0.0206. The van der Waals surface area contributed by atoms with Gasteiger partial charge in [-0.3, -0.25) is 4.79 Å². The lowest BCUT2D eigenvalue weighted by Gasteiger charge is -2.31. The first-order valence-electron chi connectivity index (χ1n) is 10.8. The predicted molar refractivity (Wildman–Crippen MR) is 122 cm³/mol. The van der Waals surface area contributed by atoms with Crippen molar-refractivity contribution in [1.82, 2.24) is 9.62 Å². The maximum Gasteiger partial charge on any atom is 0.246 e. The number of rotatable bonds is 7. The third-order valence-electron chi connectivity index (χ3n) is 5.96. The largest absolute Gasteiger partial charge is 0.495 e. The summed E-state index contributed by atoms with van der Waals surface area (Å²) >= 11 is 0. The summed E-state index contributed by atoms with van der Waals surface area (Å²) in [6.45, 7) is 6.64. The summed E-state index contributed by atoms with van der Waals surface area (Å²) in [5, 5.41) is 3.06. The number of carbonyl (C=O) groups excluding carboxylic acids is 1. The summed E-state index contributed by atoms with van der Waals surface area (Å²) in [4.78, 5) is 12.9. The van der Waals surface area contributed by atoms with Crippen molar-refractivity contribution in [1.29, 1.82) is 0 Å². The van der Waals surface area contributed by atoms with Crippen LogP contribution in [-0.2, 0) is 14.8 Å². The Morgan fingerprint density at radius 3 is 2.26 bits per heavy atom. The Kier molecular flexibility index (Phi) is 7.38. The zero-order chi connectivity index (χ0) is 22.6. The third-order valence-corrected chi connectivity index (χ3v) is 7.88. The lowest BCUT2D eigenvalue weighted by atomic mass is 9.96. The molecule has 1 saturated heterocycles. The van der Waals surface area contributed by atoms with E-state index in [1.54, 1.807) is 12.1 Å². The molecule has 2 aromatic carbocycles. The predicted octanol–water partition coefficient (Wildman–Crippen LogP) is 4.10. The molecule has 0 saturated carbocycles. The van der Waals surface area contributed by atoms with Gasteiger partial charge in [0.15, 0.2) is 0 Å². The molecule has 1 aliphatic rings. The minimum atomic E-state index is -3.70. The van der Waals surface area contributed by atoms with Crippen LogP contribution in [-0.4, -0.2) is 38.8 Å². The van der Waals surface area contributed by atoms with Crippen LogP contribution in [0.2, 0.25) is 0 Å². The number of nitrogens with zero attached hydrogens (tertiary/aromatic N) is 1. The molecule has 0 spiro atoms. The average Bonchev–Trinajstić information content (AvgIpc) is 2.79. The topological polar surface area (TPSA) is 75.7 Å². The second kappa shape index (κ2) is 9.83. The van der Waals surface area contributed by atoms with E-state index in [0.717, 1.165) is 11.1 Å². The number of hydrogen-bond acceptors (Lipinski definition) is 4. The van der Waals surface area contributed by atoms with Crippen LogP contribution in [0.1, 0.15) is 56.7 Å². The van der Waals surface area contributed by atoms with Gasteiger partial charge in [0.1, 0.15) is 10.6 Å². The van der Waals surface area contributed by atoms with E-state index in [2.05, 4.69) is 5.32 Å². The zero-order valence-corrected chi connectivity index (χ0v) is 19.5. The number of carbonyl (C=O) groups is 1. The number of methoxy groups -OCH3 is 1. The number of benzene rings is 2. The van der Waals surface area contributed by atoms with Crippen molar-refractivity contribution in [2.24, 2.45) is 5.92 Å². The van der Waals surface area contributed by atoms with Crippen LogP contribution < -0.4 is 10.1 Å². The number of ether oxygens (including phenoxy) is 1. The van der Waals surface area contributed by atoms with E-state index in [1.807, 2.05) is 57.2 Å². The normalized spacial score (nSPS) is 16.8. The number of nitrogens with one attached hydrogen (secondary N) is 1. The fourth-order valence-corrected chi connectivity index (χ4v) is 5.57. The lowest BCUT2D eigenvalue weighted by molar-refractivity contribution is -0.126. The highest BCUT2D eigenvalue weighted by molar-refractivity contribution is 7.89. The Labute approximate surface area is 185 Å². The van der Waals surface area contributed by atoms with Gasteiger partial charge in [0.2, 0.25) is 15.9 Å². The Bertz CT molecular complexity index is 997. The maximum absolute atomic E-state index is 13.3. The van der Waals surface area contributed by atoms with Crippen LogP contribution >= 0.6 is 0 Å². The first kappa shape index (κ1) is 23.3. The van der Waals surface area contributed by atoms with Gasteiger partial charge < -0.3 is 10.1 Å². The van der Waals surface area contributed by atoms with Crippen LogP contribution in [0.4, 0.5) is 0 Å². The summed E-state index contributed by atoms with van der Waals surface area (Å²) in [7, 11) is -2.22. The molecule has 1 aliphatic heterocycles. The molecule has 0 aliphatic carbocycles. The molecule has 1 heterocycles. The molecular formula is C24H32N2O4S. The summed E-state index contributed by atoms with van der Waals surface area (Å²) in [5.74, 6) is 0.344. The summed E-state index contributed by atoms with van der Waals surface area (Å²) in [6, 6.07) is 15.0. The van der Waals surface area contributed by atoms with Gasteiger partial charge in [-0.1, -0.05) is 50.2 Å². The molecule has 7 heteroatoms. The molecule has 3 rings (SSSR count). The van der Waals surface area contributed by atoms with Crippen molar-refractivity contribution >= 4 is 15.9 Å². The molecule has 1 amide bonds. The zero-order valence-electron chi connectivity index (χ0n) is 18.7. The van der Waals surface area contributed by atoms with E-state index >= 15 is 0 Å². The highest BCUT2D eigenvalue weighted by Crippen LogP contribution is 2.32. The van der Waals surface area contributed by atoms with Crippen LogP contribution in [0.25, 0.3) is 0 Å². The monoisotopic (exact) mass is 444 g/mol. The van der Waals surface area contributed by atoms with E-state index < -0.39 is 10.0 Å². The molecule has 31 heavy (non-hydrogen) atoms. The molecule has 1 fully saturated rings. The van der Waals surface area contributed by atoms with Crippen molar-refractivity contribution in [3.8, 4) is 5.75 Å². The fraction of sp³-hybridized carbons (Fsp3) is 0.458. The maximum atomic E-state index is 13.3. The molecule has 0 radical (unpaired) electrons. The first-order valence-corrected chi connectivity index (χ1v) is 12.2. The number of hydrogen-bond donors (Lipinski definition) is 1. The fourth-order valence-electron chi connectivity index (χ4n) is 3.91. The van der Waals surface area contributed by atoms with Crippen LogP contribution in [0, 0.1) is 5.92 Å². The van der Waals surface area contributed by atoms with E-state index in [9.17, 15) is 13.2 Å². The van der Waals surface area contributed by atoms with Gasteiger partial charge in [0.25, 0.3) is 0 Å². The Morgan fingerprint density at radius 2 is 1.68 bits per heavy atom. The van der Waals surface area contributed by atoms with Gasteiger partial charge in [0.05, 0.1) is 13.2 Å². The van der Waals surface area contributed by atoms with Crippen LogP contribution in [0.15, 0.2) is 53.4 Å². The number of sulfonamides is 1. The molecule has 2 aromatic rings. The molecule has 0 bridgehead atoms. The molecule has 6 nitrogen and oxygen atoms in total. The highest BCUT2D eigenvalue weighted by atomic mass is 32.2. The van der Waals surface area contributed by atoms with Crippen molar-refractivity contribution in [3.05, 3.63) is 59.7 Å². The van der Waals surface area contributed by atoms with E-state index in [-0.39, 0.29) is 28.7 Å². The average molecular weight is 445 g/mol. The second-order valence-corrected chi connectivity index (χ2v) is 10.3. The standard InChI is InChI=1S/C24H32N2O4S/c1-17(2)21-10-11-22(30-4)23(16-21)31(28,29)26-14-12-20(13-15-26)24(27)25-18(3)19-8-6-5-7-9-19/h5-11,16-18,20H,12-15H2,1-4H3,(H,25,27)/t18-/m0/s1. The van der Waals surface area contributed by atoms with E-state index in [1.165, 1.54) is 11.4 Å². The highest BCUT2D eigenvalue weighted by Gasteiger charge is 2.34. The van der Waals surface area contributed by atoms with Gasteiger partial charge in [-0.05, 0) is 48.9 Å². The number of piperidine rings is 1. The van der Waals surface area contributed by atoms with Crippen molar-refractivity contribution in [2.75, 3.05) is 20.2 Å². The van der Waals surface area contributed by atoms with Gasteiger partial charge in [-0.2, -0.15) is 4.31 Å². The smallest absolute Gasteiger partial charge is 0.246 e. The molecule has 0 unspecified atom stereocenters. The second-order valence-electron chi connectivity index (χ2n) is 8.38. The summed E-state index contributed by atoms with van der Waals surface area (Å²) in [5.41, 5.74) is 2.00. The molecular weight excluding hydrogens is 412 g/mol. The van der Waals surface area contributed by atoms with Gasteiger partial charge in [-0.15, -0.1) is 0 Å². The van der Waals surface area contributed by atoms with Gasteiger partial charge in [-0.25, -0.2) is 8.42 Å². The minimum Gasteiger partial charge on any atom is -0.495 e. The van der Waals surface area contributed by atoms with Crippen molar-refractivity contribution in [2.45, 2.75) is 50.5 Å². The summed E-state index contributed by atoms with van der Waals surface area (Å²) < 4.78 is 33.5. The van der Waals surface area contributed by atoms with Crippen LogP contribution in [0.3, 0.4) is 0 Å². The first-order chi connectivity index (χ1) is 14.7. The lowest BCUT2D eigenvalue weighted by Crippen LogP contribution is -2.43. The Morgan fingerprint density at radius 1 is 1.03 bits per heavy atom. The van der Waals surface area contributed by atoms with Crippen LogP contribution in [0.5, 0.6) is 5.75 Å². The van der Waals surface area contributed by atoms with Crippen molar-refractivity contribution < 1.29 is 17.9 Å². The van der Waals surface area contributed by atoms with E-state index in [0.29, 0.717) is 31.7 Å². The van der Waals surface area contributed by atoms with Gasteiger partial charge in [0, 0.05) is 19.0 Å². The molecule has 1 atom stereocenters. The Hall–Kier alpha value is -2.38. The third kappa shape index (κ3) is 5.28. The van der Waals surface area contributed by atoms with Crippen molar-refractivity contribution in [3.63, 3.8) is 0 Å². The quantitative estimate of drug-likeness (QED) is 0.698. The Balaban J connectivity index is 1.67. The van der Waals surface area contributed by atoms with E-state index in [4.69, 9.17) is 4.74 Å². The SMILES string of the molecule is COc1ccc(C(C)C)cc1S(=O)(=O)N1CCC(C(=O)N[C@@H](C)c2ccccc2)CC1. The number of amides is 1. The molecule has 168 valence electrons. The van der Waals surface area contributed by atoms with Gasteiger partial charge >= 0.3 is 0 Å².